The molecule has 0 radical (unpaired) electrons. The quantitative estimate of drug-likeness (QED) is 0.760. The van der Waals surface area contributed by atoms with E-state index >= 15 is 0 Å². The summed E-state index contributed by atoms with van der Waals surface area (Å²) in [6.07, 6.45) is 1.17. The first-order valence-electron chi connectivity index (χ1n) is 5.61. The predicted octanol–water partition coefficient (Wildman–Crippen LogP) is -0.143. The van der Waals surface area contributed by atoms with Crippen molar-refractivity contribution in [3.05, 3.63) is 29.8 Å². The lowest BCUT2D eigenvalue weighted by Gasteiger charge is -2.13. The van der Waals surface area contributed by atoms with Gasteiger partial charge in [0.15, 0.2) is 0 Å². The highest BCUT2D eigenvalue weighted by molar-refractivity contribution is 7.90. The Morgan fingerprint density at radius 1 is 1.26 bits per heavy atom. The summed E-state index contributed by atoms with van der Waals surface area (Å²) in [5.41, 5.74) is 0.729. The molecule has 0 spiro atoms. The summed E-state index contributed by atoms with van der Waals surface area (Å²) < 4.78 is 44.6. The van der Waals surface area contributed by atoms with E-state index in [1.807, 2.05) is 0 Å². The average Bonchev–Trinajstić information content (AvgIpc) is 2.23. The van der Waals surface area contributed by atoms with Crippen molar-refractivity contribution in [2.24, 2.45) is 5.14 Å². The molecule has 0 bridgehead atoms. The van der Waals surface area contributed by atoms with Crippen molar-refractivity contribution in [3.8, 4) is 0 Å². The van der Waals surface area contributed by atoms with Gasteiger partial charge in [0, 0.05) is 18.8 Å². The van der Waals surface area contributed by atoms with Gasteiger partial charge in [-0.1, -0.05) is 12.1 Å². The Kier molecular flexibility index (Phi) is 5.08. The summed E-state index contributed by atoms with van der Waals surface area (Å²) in [7, 11) is -6.75. The number of rotatable bonds is 6. The molecule has 0 aliphatic carbocycles. The van der Waals surface area contributed by atoms with E-state index in [2.05, 4.69) is 5.32 Å². The third-order valence-corrected chi connectivity index (χ3v) is 4.45. The van der Waals surface area contributed by atoms with Crippen molar-refractivity contribution in [2.45, 2.75) is 24.4 Å². The summed E-state index contributed by atoms with van der Waals surface area (Å²) in [4.78, 5) is 0.0440. The molecule has 0 aliphatic heterocycles. The van der Waals surface area contributed by atoms with Gasteiger partial charge in [0.2, 0.25) is 10.0 Å². The second-order valence-corrected chi connectivity index (χ2v) is 8.31. The Labute approximate surface area is 114 Å². The molecule has 0 amide bonds. The zero-order chi connectivity index (χ0) is 14.7. The van der Waals surface area contributed by atoms with Crippen molar-refractivity contribution in [1.29, 1.82) is 0 Å². The van der Waals surface area contributed by atoms with Gasteiger partial charge < -0.3 is 5.32 Å². The van der Waals surface area contributed by atoms with Gasteiger partial charge in [-0.2, -0.15) is 0 Å². The second kappa shape index (κ2) is 6.00. The molecule has 6 nitrogen and oxygen atoms in total. The molecule has 0 saturated heterocycles. The van der Waals surface area contributed by atoms with Gasteiger partial charge in [0.05, 0.1) is 10.6 Å². The highest BCUT2D eigenvalue weighted by Crippen LogP contribution is 2.09. The Hall–Kier alpha value is -0.960. The zero-order valence-corrected chi connectivity index (χ0v) is 12.5. The van der Waals surface area contributed by atoms with Gasteiger partial charge in [-0.15, -0.1) is 0 Å². The maximum Gasteiger partial charge on any atom is 0.238 e. The topological polar surface area (TPSA) is 106 Å². The first-order valence-corrected chi connectivity index (χ1v) is 9.21. The standard InChI is InChI=1S/C11H18N2O4S2/c1-9(8-18(2,14)15)13-7-10-4-3-5-11(6-10)19(12,16)17/h3-6,9,13H,7-8H2,1-2H3,(H2,12,16,17). The number of nitrogens with one attached hydrogen (secondary N) is 1. The Morgan fingerprint density at radius 2 is 1.89 bits per heavy atom. The molecule has 1 aromatic carbocycles. The zero-order valence-electron chi connectivity index (χ0n) is 10.8. The number of hydrogen-bond donors (Lipinski definition) is 2. The third-order valence-electron chi connectivity index (χ3n) is 2.43. The summed E-state index contributed by atoms with van der Waals surface area (Å²) in [6.45, 7) is 2.13. The molecule has 8 heteroatoms. The van der Waals surface area contributed by atoms with Crippen LogP contribution in [0.3, 0.4) is 0 Å². The van der Waals surface area contributed by atoms with Gasteiger partial charge in [-0.25, -0.2) is 22.0 Å². The fourth-order valence-corrected chi connectivity index (χ4v) is 3.25. The van der Waals surface area contributed by atoms with Crippen molar-refractivity contribution in [1.82, 2.24) is 5.32 Å². The summed E-state index contributed by atoms with van der Waals surface area (Å²) in [5.74, 6) is 0.0296. The molecule has 19 heavy (non-hydrogen) atoms. The van der Waals surface area contributed by atoms with E-state index in [9.17, 15) is 16.8 Å². The lowest BCUT2D eigenvalue weighted by atomic mass is 10.2. The molecule has 1 atom stereocenters. The number of sulfone groups is 1. The molecule has 0 heterocycles. The number of sulfonamides is 1. The van der Waals surface area contributed by atoms with Crippen LogP contribution < -0.4 is 10.5 Å². The minimum Gasteiger partial charge on any atom is -0.309 e. The van der Waals surface area contributed by atoms with Crippen LogP contribution in [0.5, 0.6) is 0 Å². The molecule has 3 N–H and O–H groups in total. The van der Waals surface area contributed by atoms with Crippen molar-refractivity contribution in [3.63, 3.8) is 0 Å². The first-order chi connectivity index (χ1) is 8.58. The van der Waals surface area contributed by atoms with Crippen LogP contribution in [0.25, 0.3) is 0 Å². The molecular formula is C11H18N2O4S2. The lowest BCUT2D eigenvalue weighted by molar-refractivity contribution is 0.560. The summed E-state index contributed by atoms with van der Waals surface area (Å²) in [5, 5.41) is 8.06. The Balaban J connectivity index is 2.69. The summed E-state index contributed by atoms with van der Waals surface area (Å²) in [6, 6.07) is 6.01. The van der Waals surface area contributed by atoms with Crippen LogP contribution >= 0.6 is 0 Å². The molecule has 0 fully saturated rings. The molecule has 108 valence electrons. The van der Waals surface area contributed by atoms with Gasteiger partial charge >= 0.3 is 0 Å². The molecule has 1 unspecified atom stereocenters. The van der Waals surface area contributed by atoms with E-state index in [1.54, 1.807) is 19.1 Å². The van der Waals surface area contributed by atoms with E-state index < -0.39 is 19.9 Å². The maximum absolute atomic E-state index is 11.2. The molecule has 0 aromatic heterocycles. The maximum atomic E-state index is 11.2. The molecular weight excluding hydrogens is 288 g/mol. The molecule has 0 saturated carbocycles. The third kappa shape index (κ3) is 6.15. The number of nitrogens with two attached hydrogens (primary N) is 1. The van der Waals surface area contributed by atoms with Crippen LogP contribution in [0, 0.1) is 0 Å². The van der Waals surface area contributed by atoms with Crippen LogP contribution in [0.1, 0.15) is 12.5 Å². The van der Waals surface area contributed by atoms with E-state index in [0.717, 1.165) is 5.56 Å². The van der Waals surface area contributed by atoms with Gasteiger partial charge in [-0.3, -0.25) is 0 Å². The molecule has 0 aliphatic rings. The number of hydrogen-bond acceptors (Lipinski definition) is 5. The smallest absolute Gasteiger partial charge is 0.238 e. The van der Waals surface area contributed by atoms with E-state index in [1.165, 1.54) is 18.4 Å². The summed E-state index contributed by atoms with van der Waals surface area (Å²) >= 11 is 0. The van der Waals surface area contributed by atoms with Gasteiger partial charge in [0.1, 0.15) is 9.84 Å². The SMILES string of the molecule is CC(CS(C)(=O)=O)NCc1cccc(S(N)(=O)=O)c1. The monoisotopic (exact) mass is 306 g/mol. The average molecular weight is 306 g/mol. The Morgan fingerprint density at radius 3 is 2.42 bits per heavy atom. The fraction of sp³-hybridized carbons (Fsp3) is 0.455. The van der Waals surface area contributed by atoms with Crippen LogP contribution in [-0.4, -0.2) is 34.9 Å². The number of benzene rings is 1. The lowest BCUT2D eigenvalue weighted by Crippen LogP contribution is -2.32. The number of primary sulfonamides is 1. The van der Waals surface area contributed by atoms with Crippen LogP contribution in [0.2, 0.25) is 0 Å². The van der Waals surface area contributed by atoms with Crippen molar-refractivity contribution < 1.29 is 16.8 Å². The minimum atomic E-state index is -3.72. The van der Waals surface area contributed by atoms with Crippen LogP contribution in [0.4, 0.5) is 0 Å². The van der Waals surface area contributed by atoms with Crippen molar-refractivity contribution in [2.75, 3.05) is 12.0 Å². The molecule has 1 rings (SSSR count). The largest absolute Gasteiger partial charge is 0.309 e. The van der Waals surface area contributed by atoms with Crippen molar-refractivity contribution >= 4 is 19.9 Å². The second-order valence-electron chi connectivity index (χ2n) is 4.57. The first kappa shape index (κ1) is 16.1. The van der Waals surface area contributed by atoms with Gasteiger partial charge in [0.25, 0.3) is 0 Å². The highest BCUT2D eigenvalue weighted by atomic mass is 32.2. The van der Waals surface area contributed by atoms with E-state index in [0.29, 0.717) is 6.54 Å². The predicted molar refractivity (Wildman–Crippen MR) is 73.8 cm³/mol. The van der Waals surface area contributed by atoms with Crippen LogP contribution in [0.15, 0.2) is 29.2 Å². The Bertz CT molecular complexity index is 638. The highest BCUT2D eigenvalue weighted by Gasteiger charge is 2.11. The molecule has 1 aromatic rings. The normalized spacial score (nSPS) is 14.3. The van der Waals surface area contributed by atoms with E-state index in [-0.39, 0.29) is 16.7 Å². The minimum absolute atomic E-state index is 0.0296. The van der Waals surface area contributed by atoms with Gasteiger partial charge in [-0.05, 0) is 24.6 Å². The van der Waals surface area contributed by atoms with E-state index in [4.69, 9.17) is 5.14 Å². The fourth-order valence-electron chi connectivity index (χ4n) is 1.64. The van der Waals surface area contributed by atoms with Crippen LogP contribution in [-0.2, 0) is 26.4 Å².